The van der Waals surface area contributed by atoms with Crippen LogP contribution in [0.4, 0.5) is 0 Å². The minimum absolute atomic E-state index is 0.328. The van der Waals surface area contributed by atoms with Gasteiger partial charge in [-0.15, -0.1) is 10.2 Å². The van der Waals surface area contributed by atoms with E-state index in [2.05, 4.69) is 15.4 Å². The van der Waals surface area contributed by atoms with E-state index in [9.17, 15) is 9.90 Å². The van der Waals surface area contributed by atoms with Gasteiger partial charge in [-0.25, -0.2) is 0 Å². The summed E-state index contributed by atoms with van der Waals surface area (Å²) >= 11 is 6.08. The van der Waals surface area contributed by atoms with Crippen molar-refractivity contribution in [2.45, 2.75) is 13.2 Å². The molecule has 0 saturated carbocycles. The highest BCUT2D eigenvalue weighted by molar-refractivity contribution is 6.31. The Morgan fingerprint density at radius 3 is 2.62 bits per heavy atom. The number of halogens is 1. The molecule has 0 atom stereocenters. The van der Waals surface area contributed by atoms with Crippen molar-refractivity contribution in [3.8, 4) is 17.1 Å². The van der Waals surface area contributed by atoms with Gasteiger partial charge in [0.05, 0.1) is 5.97 Å². The predicted octanol–water partition coefficient (Wildman–Crippen LogP) is 1.32. The summed E-state index contributed by atoms with van der Waals surface area (Å²) in [6, 6.07) is 14.5. The molecule has 0 fully saturated rings. The first-order valence-corrected chi connectivity index (χ1v) is 7.44. The minimum atomic E-state index is -1.28. The highest BCUT2D eigenvalue weighted by atomic mass is 35.5. The summed E-state index contributed by atoms with van der Waals surface area (Å²) < 4.78 is 5.69. The number of aromatic nitrogens is 4. The summed E-state index contributed by atoms with van der Waals surface area (Å²) in [6.07, 6.45) is 0. The van der Waals surface area contributed by atoms with E-state index in [1.165, 1.54) is 0 Å². The van der Waals surface area contributed by atoms with Crippen molar-refractivity contribution in [2.75, 3.05) is 0 Å². The van der Waals surface area contributed by atoms with E-state index in [1.807, 2.05) is 24.3 Å². The Labute approximate surface area is 142 Å². The molecule has 0 amide bonds. The Hall–Kier alpha value is -2.93. The number of carboxylic acids is 1. The number of carboxylic acid groups (broad SMARTS) is 1. The second-order valence-corrected chi connectivity index (χ2v) is 5.33. The fourth-order valence-corrected chi connectivity index (χ4v) is 2.21. The number of tetrazole rings is 1. The molecule has 0 aliphatic rings. The van der Waals surface area contributed by atoms with E-state index in [-0.39, 0.29) is 0 Å². The van der Waals surface area contributed by atoms with Crippen molar-refractivity contribution in [2.24, 2.45) is 0 Å². The molecule has 2 aromatic carbocycles. The lowest BCUT2D eigenvalue weighted by Gasteiger charge is -2.07. The zero-order valence-electron chi connectivity index (χ0n) is 12.4. The van der Waals surface area contributed by atoms with Crippen molar-refractivity contribution in [3.05, 3.63) is 59.1 Å². The number of rotatable bonds is 6. The number of hydrogen-bond acceptors (Lipinski definition) is 6. The van der Waals surface area contributed by atoms with Gasteiger partial charge in [-0.05, 0) is 35.5 Å². The van der Waals surface area contributed by atoms with Gasteiger partial charge in [-0.2, -0.15) is 4.80 Å². The third-order valence-electron chi connectivity index (χ3n) is 3.19. The summed E-state index contributed by atoms with van der Waals surface area (Å²) in [5.41, 5.74) is 1.60. The summed E-state index contributed by atoms with van der Waals surface area (Å²) in [7, 11) is 0. The number of hydrogen-bond donors (Lipinski definition) is 0. The number of aliphatic carboxylic acids is 1. The molecule has 7 nitrogen and oxygen atoms in total. The third-order valence-corrected chi connectivity index (χ3v) is 3.56. The Morgan fingerprint density at radius 1 is 1.17 bits per heavy atom. The van der Waals surface area contributed by atoms with Crippen LogP contribution in [0.2, 0.25) is 5.02 Å². The molecule has 0 spiro atoms. The molecule has 0 saturated heterocycles. The second-order valence-electron chi connectivity index (χ2n) is 4.92. The van der Waals surface area contributed by atoms with Crippen LogP contribution < -0.4 is 9.84 Å². The molecule has 3 aromatic rings. The smallest absolute Gasteiger partial charge is 0.204 e. The van der Waals surface area contributed by atoms with Crippen LogP contribution >= 0.6 is 11.6 Å². The van der Waals surface area contributed by atoms with Gasteiger partial charge in [0.25, 0.3) is 0 Å². The maximum atomic E-state index is 10.5. The molecular formula is C16H12ClN4O3-. The lowest BCUT2D eigenvalue weighted by Crippen LogP contribution is -2.28. The second kappa shape index (κ2) is 7.10. The van der Waals surface area contributed by atoms with Crippen LogP contribution in [-0.2, 0) is 17.9 Å². The zero-order chi connectivity index (χ0) is 16.9. The van der Waals surface area contributed by atoms with E-state index in [0.717, 1.165) is 10.4 Å². The van der Waals surface area contributed by atoms with E-state index < -0.39 is 12.5 Å². The lowest BCUT2D eigenvalue weighted by molar-refractivity contribution is -0.307. The molecule has 0 aliphatic carbocycles. The van der Waals surface area contributed by atoms with Crippen LogP contribution in [0.25, 0.3) is 11.4 Å². The molecule has 0 bridgehead atoms. The average molecular weight is 344 g/mol. The highest BCUT2D eigenvalue weighted by Gasteiger charge is 2.07. The minimum Gasteiger partial charge on any atom is -0.548 e. The van der Waals surface area contributed by atoms with E-state index in [1.54, 1.807) is 24.3 Å². The molecule has 3 rings (SSSR count). The van der Waals surface area contributed by atoms with E-state index >= 15 is 0 Å². The standard InChI is InChI=1S/C16H13ClN4O3/c17-14-4-2-1-3-12(14)10-24-13-7-5-11(6-8-13)16-18-20-21(19-16)9-15(22)23/h1-8H,9-10H2,(H,22,23)/p-1. The molecule has 24 heavy (non-hydrogen) atoms. The van der Waals surface area contributed by atoms with Crippen molar-refractivity contribution in [1.82, 2.24) is 20.2 Å². The topological polar surface area (TPSA) is 93.0 Å². The van der Waals surface area contributed by atoms with Gasteiger partial charge in [0, 0.05) is 16.1 Å². The highest BCUT2D eigenvalue weighted by Crippen LogP contribution is 2.21. The van der Waals surface area contributed by atoms with Gasteiger partial charge in [-0.1, -0.05) is 29.8 Å². The Kier molecular flexibility index (Phi) is 4.72. The number of benzene rings is 2. The van der Waals surface area contributed by atoms with Crippen LogP contribution in [0.5, 0.6) is 5.75 Å². The third kappa shape index (κ3) is 3.88. The van der Waals surface area contributed by atoms with Gasteiger partial charge in [-0.3, -0.25) is 0 Å². The summed E-state index contributed by atoms with van der Waals surface area (Å²) in [5.74, 6) is -0.281. The van der Waals surface area contributed by atoms with Crippen molar-refractivity contribution < 1.29 is 14.6 Å². The van der Waals surface area contributed by atoms with E-state index in [4.69, 9.17) is 16.3 Å². The summed E-state index contributed by atoms with van der Waals surface area (Å²) in [6.45, 7) is -0.0783. The quantitative estimate of drug-likeness (QED) is 0.670. The van der Waals surface area contributed by atoms with E-state index in [0.29, 0.717) is 28.8 Å². The fourth-order valence-electron chi connectivity index (χ4n) is 2.02. The Balaban J connectivity index is 1.66. The van der Waals surface area contributed by atoms with Gasteiger partial charge in [0.1, 0.15) is 18.9 Å². The number of carbonyl (C=O) groups excluding carboxylic acids is 1. The van der Waals surface area contributed by atoms with Crippen LogP contribution in [-0.4, -0.2) is 26.2 Å². The monoisotopic (exact) mass is 343 g/mol. The van der Waals surface area contributed by atoms with Gasteiger partial charge < -0.3 is 14.6 Å². The van der Waals surface area contributed by atoms with Crippen molar-refractivity contribution in [1.29, 1.82) is 0 Å². The summed E-state index contributed by atoms with van der Waals surface area (Å²) in [4.78, 5) is 11.5. The summed E-state index contributed by atoms with van der Waals surface area (Å²) in [5, 5.41) is 22.6. The van der Waals surface area contributed by atoms with Crippen molar-refractivity contribution >= 4 is 17.6 Å². The predicted molar refractivity (Wildman–Crippen MR) is 84.0 cm³/mol. The molecule has 0 unspecified atom stereocenters. The van der Waals surface area contributed by atoms with Crippen LogP contribution in [0.3, 0.4) is 0 Å². The zero-order valence-corrected chi connectivity index (χ0v) is 13.2. The maximum Gasteiger partial charge on any atom is 0.204 e. The first-order chi connectivity index (χ1) is 11.6. The van der Waals surface area contributed by atoms with Gasteiger partial charge in [0.15, 0.2) is 0 Å². The normalized spacial score (nSPS) is 10.5. The first kappa shape index (κ1) is 15.9. The number of nitrogens with zero attached hydrogens (tertiary/aromatic N) is 4. The molecule has 0 radical (unpaired) electrons. The van der Waals surface area contributed by atoms with Gasteiger partial charge >= 0.3 is 0 Å². The maximum absolute atomic E-state index is 10.5. The Morgan fingerprint density at radius 2 is 1.92 bits per heavy atom. The van der Waals surface area contributed by atoms with Crippen molar-refractivity contribution in [3.63, 3.8) is 0 Å². The molecule has 8 heteroatoms. The average Bonchev–Trinajstić information content (AvgIpc) is 3.02. The molecule has 122 valence electrons. The molecule has 1 heterocycles. The molecule has 0 aliphatic heterocycles. The number of carbonyl (C=O) groups is 1. The fraction of sp³-hybridized carbons (Fsp3) is 0.125. The molecule has 1 aromatic heterocycles. The SMILES string of the molecule is O=C([O-])Cn1nnc(-c2ccc(OCc3ccccc3Cl)cc2)n1. The van der Waals surface area contributed by atoms with Crippen LogP contribution in [0.1, 0.15) is 5.56 Å². The van der Waals surface area contributed by atoms with Crippen LogP contribution in [0.15, 0.2) is 48.5 Å². The van der Waals surface area contributed by atoms with Crippen LogP contribution in [0, 0.1) is 0 Å². The first-order valence-electron chi connectivity index (χ1n) is 7.06. The largest absolute Gasteiger partial charge is 0.548 e. The molecule has 0 N–H and O–H groups in total. The molecular weight excluding hydrogens is 332 g/mol. The lowest BCUT2D eigenvalue weighted by atomic mass is 10.2. The number of ether oxygens (including phenoxy) is 1. The Bertz CT molecular complexity index is 849. The van der Waals surface area contributed by atoms with Gasteiger partial charge in [0.2, 0.25) is 5.82 Å².